The minimum Gasteiger partial charge on any atom is -0.100 e. The Labute approximate surface area is 57.6 Å². The Hall–Kier alpha value is -0.780. The molecule has 0 fully saturated rings. The molecule has 0 saturated carbocycles. The highest BCUT2D eigenvalue weighted by molar-refractivity contribution is 5.11. The van der Waals surface area contributed by atoms with Gasteiger partial charge in [-0.25, -0.2) is 0 Å². The van der Waals surface area contributed by atoms with Gasteiger partial charge in [-0.3, -0.25) is 0 Å². The average molecular weight is 122 g/mol. The normalized spacial score (nSPS) is 12.7. The second kappa shape index (κ2) is 5.36. The van der Waals surface area contributed by atoms with Gasteiger partial charge >= 0.3 is 0 Å². The van der Waals surface area contributed by atoms with Crippen LogP contribution in [0, 0.1) is 0 Å². The van der Waals surface area contributed by atoms with E-state index in [0.29, 0.717) is 0 Å². The minimum atomic E-state index is 1.14. The molecule has 0 amide bonds. The van der Waals surface area contributed by atoms with E-state index in [1.165, 1.54) is 5.57 Å². The van der Waals surface area contributed by atoms with E-state index in [0.717, 1.165) is 6.42 Å². The van der Waals surface area contributed by atoms with Crippen molar-refractivity contribution < 1.29 is 0 Å². The van der Waals surface area contributed by atoms with E-state index in [2.05, 4.69) is 30.9 Å². The standard InChI is InChI=1S/C5H6.C4H8/c1-2-4-5-3-1;1-4(2)3/h1-4H,5H2;1H2,2-3H3. The van der Waals surface area contributed by atoms with E-state index in [9.17, 15) is 0 Å². The lowest BCUT2D eigenvalue weighted by Gasteiger charge is -1.65. The molecular weight excluding hydrogens is 108 g/mol. The van der Waals surface area contributed by atoms with Gasteiger partial charge in [0, 0.05) is 0 Å². The van der Waals surface area contributed by atoms with Gasteiger partial charge in [0.05, 0.1) is 0 Å². The fourth-order valence-electron chi connectivity index (χ4n) is 0.393. The summed E-state index contributed by atoms with van der Waals surface area (Å²) >= 11 is 0. The Morgan fingerprint density at radius 3 is 1.67 bits per heavy atom. The Morgan fingerprint density at radius 1 is 1.22 bits per heavy atom. The second-order valence-electron chi connectivity index (χ2n) is 2.30. The molecule has 0 saturated heterocycles. The third-order valence-electron chi connectivity index (χ3n) is 0.655. The van der Waals surface area contributed by atoms with Crippen molar-refractivity contribution >= 4 is 0 Å². The lowest BCUT2D eigenvalue weighted by Crippen LogP contribution is -1.43. The van der Waals surface area contributed by atoms with Crippen molar-refractivity contribution in [2.45, 2.75) is 20.3 Å². The van der Waals surface area contributed by atoms with Gasteiger partial charge in [-0.1, -0.05) is 29.9 Å². The molecule has 0 aliphatic heterocycles. The SMILES string of the molecule is C1=CCC=C1.C=C(C)C. The van der Waals surface area contributed by atoms with E-state index in [1.807, 2.05) is 13.8 Å². The molecule has 1 aliphatic carbocycles. The first-order valence-electron chi connectivity index (χ1n) is 3.17. The zero-order valence-corrected chi connectivity index (χ0v) is 6.22. The van der Waals surface area contributed by atoms with Gasteiger partial charge in [0.1, 0.15) is 0 Å². The van der Waals surface area contributed by atoms with Gasteiger partial charge < -0.3 is 0 Å². The van der Waals surface area contributed by atoms with E-state index in [-0.39, 0.29) is 0 Å². The zero-order chi connectivity index (χ0) is 7.11. The summed E-state index contributed by atoms with van der Waals surface area (Å²) in [6.07, 6.45) is 9.50. The molecule has 1 aliphatic rings. The van der Waals surface area contributed by atoms with Gasteiger partial charge in [0.15, 0.2) is 0 Å². The maximum atomic E-state index is 3.56. The minimum absolute atomic E-state index is 1.14. The van der Waals surface area contributed by atoms with Crippen LogP contribution in [0.4, 0.5) is 0 Å². The van der Waals surface area contributed by atoms with Crippen molar-refractivity contribution in [1.82, 2.24) is 0 Å². The Morgan fingerprint density at radius 2 is 1.56 bits per heavy atom. The summed E-state index contributed by atoms with van der Waals surface area (Å²) < 4.78 is 0. The lowest BCUT2D eigenvalue weighted by atomic mass is 10.4. The zero-order valence-electron chi connectivity index (χ0n) is 6.22. The molecule has 9 heavy (non-hydrogen) atoms. The summed E-state index contributed by atoms with van der Waals surface area (Å²) in [5, 5.41) is 0. The smallest absolute Gasteiger partial charge is 0.0163 e. The van der Waals surface area contributed by atoms with Crippen LogP contribution < -0.4 is 0 Å². The van der Waals surface area contributed by atoms with Crippen molar-refractivity contribution in [1.29, 1.82) is 0 Å². The molecule has 0 atom stereocenters. The summed E-state index contributed by atoms with van der Waals surface area (Å²) in [7, 11) is 0. The monoisotopic (exact) mass is 122 g/mol. The van der Waals surface area contributed by atoms with Crippen LogP contribution >= 0.6 is 0 Å². The highest BCUT2D eigenvalue weighted by Crippen LogP contribution is 1.93. The Bertz CT molecular complexity index is 113. The molecule has 0 aromatic heterocycles. The predicted octanol–water partition coefficient (Wildman–Crippen LogP) is 3.08. The lowest BCUT2D eigenvalue weighted by molar-refractivity contribution is 1.42. The Balaban J connectivity index is 0.000000148. The Kier molecular flexibility index (Phi) is 4.89. The number of hydrogen-bond acceptors (Lipinski definition) is 0. The summed E-state index contributed by atoms with van der Waals surface area (Å²) in [4.78, 5) is 0. The fraction of sp³-hybridized carbons (Fsp3) is 0.333. The number of allylic oxidation sites excluding steroid dienone is 5. The molecular formula is C9H14. The first-order chi connectivity index (χ1) is 4.23. The summed E-state index contributed by atoms with van der Waals surface area (Å²) in [6, 6.07) is 0. The highest BCUT2D eigenvalue weighted by Gasteiger charge is 1.72. The van der Waals surface area contributed by atoms with Gasteiger partial charge in [-0.05, 0) is 20.3 Å². The molecule has 0 heterocycles. The van der Waals surface area contributed by atoms with Crippen LogP contribution in [0.1, 0.15) is 20.3 Å². The van der Waals surface area contributed by atoms with Crippen LogP contribution in [0.2, 0.25) is 0 Å². The third kappa shape index (κ3) is 11.0. The first kappa shape index (κ1) is 8.22. The molecule has 0 aromatic carbocycles. The predicted molar refractivity (Wildman–Crippen MR) is 43.4 cm³/mol. The van der Waals surface area contributed by atoms with E-state index in [4.69, 9.17) is 0 Å². The molecule has 0 unspecified atom stereocenters. The van der Waals surface area contributed by atoms with Crippen LogP contribution in [-0.2, 0) is 0 Å². The second-order valence-corrected chi connectivity index (χ2v) is 2.30. The van der Waals surface area contributed by atoms with Crippen LogP contribution in [-0.4, -0.2) is 0 Å². The molecule has 0 N–H and O–H groups in total. The largest absolute Gasteiger partial charge is 0.100 e. The number of hydrogen-bond donors (Lipinski definition) is 0. The summed E-state index contributed by atoms with van der Waals surface area (Å²) in [5.74, 6) is 0. The van der Waals surface area contributed by atoms with Gasteiger partial charge in [-0.2, -0.15) is 0 Å². The molecule has 0 aromatic rings. The fourth-order valence-corrected chi connectivity index (χ4v) is 0.393. The average Bonchev–Trinajstić information content (AvgIpc) is 2.11. The van der Waals surface area contributed by atoms with Crippen molar-refractivity contribution in [3.05, 3.63) is 36.5 Å². The molecule has 1 rings (SSSR count). The van der Waals surface area contributed by atoms with Crippen LogP contribution in [0.15, 0.2) is 36.5 Å². The maximum Gasteiger partial charge on any atom is -0.0163 e. The highest BCUT2D eigenvalue weighted by atomic mass is 13.8. The van der Waals surface area contributed by atoms with Crippen molar-refractivity contribution in [2.24, 2.45) is 0 Å². The molecule has 0 bridgehead atoms. The number of rotatable bonds is 0. The summed E-state index contributed by atoms with van der Waals surface area (Å²) in [5.41, 5.74) is 1.17. The van der Waals surface area contributed by atoms with Crippen molar-refractivity contribution in [3.8, 4) is 0 Å². The van der Waals surface area contributed by atoms with E-state index < -0.39 is 0 Å². The van der Waals surface area contributed by atoms with Crippen molar-refractivity contribution in [2.75, 3.05) is 0 Å². The van der Waals surface area contributed by atoms with Crippen LogP contribution in [0.25, 0.3) is 0 Å². The quantitative estimate of drug-likeness (QED) is 0.433. The van der Waals surface area contributed by atoms with Gasteiger partial charge in [-0.15, -0.1) is 6.58 Å². The molecule has 50 valence electrons. The van der Waals surface area contributed by atoms with E-state index in [1.54, 1.807) is 0 Å². The molecule has 0 radical (unpaired) electrons. The van der Waals surface area contributed by atoms with E-state index >= 15 is 0 Å². The molecule has 0 nitrogen and oxygen atoms in total. The van der Waals surface area contributed by atoms with Gasteiger partial charge in [0.25, 0.3) is 0 Å². The summed E-state index contributed by atoms with van der Waals surface area (Å²) in [6.45, 7) is 7.50. The maximum absolute atomic E-state index is 3.56. The molecule has 0 heteroatoms. The third-order valence-corrected chi connectivity index (χ3v) is 0.655. The van der Waals surface area contributed by atoms with Gasteiger partial charge in [0.2, 0.25) is 0 Å². The first-order valence-corrected chi connectivity index (χ1v) is 3.17. The topological polar surface area (TPSA) is 0 Å². The molecule has 0 spiro atoms. The van der Waals surface area contributed by atoms with Crippen molar-refractivity contribution in [3.63, 3.8) is 0 Å². The van der Waals surface area contributed by atoms with Crippen LogP contribution in [0.5, 0.6) is 0 Å². The van der Waals surface area contributed by atoms with Crippen LogP contribution in [0.3, 0.4) is 0 Å².